The Morgan fingerprint density at radius 1 is 1.10 bits per heavy atom. The first-order chi connectivity index (χ1) is 9.45. The quantitative estimate of drug-likeness (QED) is 0.789. The van der Waals surface area contributed by atoms with Crippen molar-refractivity contribution in [1.82, 2.24) is 0 Å². The molecule has 1 aromatic carbocycles. The van der Waals surface area contributed by atoms with Crippen molar-refractivity contribution in [2.75, 3.05) is 6.79 Å². The van der Waals surface area contributed by atoms with Crippen LogP contribution in [0.1, 0.15) is 9.67 Å². The number of halogens is 3. The SMILES string of the molecule is O=C(c1ccc(-c2ccc3c(c2)OCO3)s1)C(F)(F)F. The van der Waals surface area contributed by atoms with Gasteiger partial charge < -0.3 is 9.47 Å². The number of ketones is 1. The first-order valence-corrected chi connectivity index (χ1v) is 6.38. The molecule has 1 aliphatic heterocycles. The van der Waals surface area contributed by atoms with Crippen LogP contribution in [-0.4, -0.2) is 18.8 Å². The van der Waals surface area contributed by atoms with Crippen LogP contribution in [0.4, 0.5) is 13.2 Å². The van der Waals surface area contributed by atoms with Gasteiger partial charge in [0.25, 0.3) is 5.78 Å². The van der Waals surface area contributed by atoms with E-state index in [-0.39, 0.29) is 11.7 Å². The molecule has 2 aromatic rings. The van der Waals surface area contributed by atoms with Crippen molar-refractivity contribution in [3.05, 3.63) is 35.2 Å². The van der Waals surface area contributed by atoms with Crippen LogP contribution in [0.3, 0.4) is 0 Å². The monoisotopic (exact) mass is 300 g/mol. The average molecular weight is 300 g/mol. The molecule has 0 atom stereocenters. The molecule has 104 valence electrons. The van der Waals surface area contributed by atoms with Crippen LogP contribution in [0.5, 0.6) is 11.5 Å². The van der Waals surface area contributed by atoms with Gasteiger partial charge in [-0.25, -0.2) is 0 Å². The highest BCUT2D eigenvalue weighted by atomic mass is 32.1. The molecule has 3 rings (SSSR count). The van der Waals surface area contributed by atoms with Crippen LogP contribution in [0.25, 0.3) is 10.4 Å². The van der Waals surface area contributed by atoms with Crippen LogP contribution >= 0.6 is 11.3 Å². The van der Waals surface area contributed by atoms with E-state index in [1.54, 1.807) is 18.2 Å². The molecule has 20 heavy (non-hydrogen) atoms. The lowest BCUT2D eigenvalue weighted by Gasteiger charge is -2.02. The molecule has 0 spiro atoms. The summed E-state index contributed by atoms with van der Waals surface area (Å²) < 4.78 is 47.4. The summed E-state index contributed by atoms with van der Waals surface area (Å²) in [5.74, 6) is -0.689. The summed E-state index contributed by atoms with van der Waals surface area (Å²) >= 11 is 0.800. The van der Waals surface area contributed by atoms with E-state index in [4.69, 9.17) is 9.47 Å². The number of carbonyl (C=O) groups excluding carboxylic acids is 1. The maximum atomic E-state index is 12.3. The van der Waals surface area contributed by atoms with Crippen molar-refractivity contribution in [1.29, 1.82) is 0 Å². The van der Waals surface area contributed by atoms with Crippen molar-refractivity contribution in [2.45, 2.75) is 6.18 Å². The number of thiophene rings is 1. The number of alkyl halides is 3. The smallest absolute Gasteiger partial charge is 0.454 e. The maximum absolute atomic E-state index is 12.3. The van der Waals surface area contributed by atoms with Crippen LogP contribution < -0.4 is 9.47 Å². The van der Waals surface area contributed by atoms with Gasteiger partial charge in [0.15, 0.2) is 11.5 Å². The Labute approximate surface area is 115 Å². The van der Waals surface area contributed by atoms with E-state index in [0.29, 0.717) is 21.9 Å². The molecule has 0 unspecified atom stereocenters. The first-order valence-electron chi connectivity index (χ1n) is 5.56. The molecule has 0 saturated carbocycles. The fraction of sp³-hybridized carbons (Fsp3) is 0.154. The van der Waals surface area contributed by atoms with E-state index in [1.165, 1.54) is 12.1 Å². The topological polar surface area (TPSA) is 35.5 Å². The molecular formula is C13H7F3O3S. The Kier molecular flexibility index (Phi) is 2.93. The van der Waals surface area contributed by atoms with Gasteiger partial charge in [0.1, 0.15) is 0 Å². The number of hydrogen-bond acceptors (Lipinski definition) is 4. The minimum atomic E-state index is -4.85. The number of carbonyl (C=O) groups is 1. The molecule has 7 heteroatoms. The molecule has 0 N–H and O–H groups in total. The number of fused-ring (bicyclic) bond motifs is 1. The summed E-state index contributed by atoms with van der Waals surface area (Å²) in [6.07, 6.45) is -4.85. The zero-order valence-electron chi connectivity index (χ0n) is 9.86. The fourth-order valence-electron chi connectivity index (χ4n) is 1.80. The second-order valence-corrected chi connectivity index (χ2v) is 5.14. The molecule has 2 heterocycles. The van der Waals surface area contributed by atoms with Gasteiger partial charge in [0, 0.05) is 4.88 Å². The van der Waals surface area contributed by atoms with E-state index in [9.17, 15) is 18.0 Å². The average Bonchev–Trinajstić information content (AvgIpc) is 3.04. The van der Waals surface area contributed by atoms with Crippen LogP contribution in [0, 0.1) is 0 Å². The van der Waals surface area contributed by atoms with Gasteiger partial charge in [-0.05, 0) is 35.9 Å². The lowest BCUT2D eigenvalue weighted by Crippen LogP contribution is -2.21. The number of Topliss-reactive ketones (excluding diaryl/α,β-unsaturated/α-hetero) is 1. The Balaban J connectivity index is 1.93. The van der Waals surface area contributed by atoms with Gasteiger partial charge >= 0.3 is 6.18 Å². The van der Waals surface area contributed by atoms with Crippen molar-refractivity contribution in [3.8, 4) is 21.9 Å². The number of benzene rings is 1. The summed E-state index contributed by atoms with van der Waals surface area (Å²) in [5.41, 5.74) is 0.681. The molecule has 3 nitrogen and oxygen atoms in total. The third kappa shape index (κ3) is 2.24. The largest absolute Gasteiger partial charge is 0.455 e. The normalized spacial score (nSPS) is 13.6. The summed E-state index contributed by atoms with van der Waals surface area (Å²) in [6, 6.07) is 7.74. The Bertz CT molecular complexity index is 676. The summed E-state index contributed by atoms with van der Waals surface area (Å²) in [4.78, 5) is 11.4. The summed E-state index contributed by atoms with van der Waals surface area (Å²) in [7, 11) is 0. The van der Waals surface area contributed by atoms with E-state index < -0.39 is 12.0 Å². The minimum Gasteiger partial charge on any atom is -0.454 e. The molecule has 0 bridgehead atoms. The van der Waals surface area contributed by atoms with Gasteiger partial charge in [-0.2, -0.15) is 13.2 Å². The maximum Gasteiger partial charge on any atom is 0.455 e. The Morgan fingerprint density at radius 2 is 1.85 bits per heavy atom. The number of hydrogen-bond donors (Lipinski definition) is 0. The molecule has 0 aliphatic carbocycles. The van der Waals surface area contributed by atoms with E-state index >= 15 is 0 Å². The van der Waals surface area contributed by atoms with Gasteiger partial charge in [-0.1, -0.05) is 0 Å². The van der Waals surface area contributed by atoms with Gasteiger partial charge in [-0.3, -0.25) is 4.79 Å². The Hall–Kier alpha value is -2.02. The van der Waals surface area contributed by atoms with Crippen molar-refractivity contribution >= 4 is 17.1 Å². The molecule has 0 amide bonds. The van der Waals surface area contributed by atoms with E-state index in [0.717, 1.165) is 11.3 Å². The van der Waals surface area contributed by atoms with E-state index in [1.807, 2.05) is 0 Å². The second kappa shape index (κ2) is 4.52. The third-order valence-electron chi connectivity index (χ3n) is 2.74. The highest BCUT2D eigenvalue weighted by molar-refractivity contribution is 7.17. The van der Waals surface area contributed by atoms with Crippen LogP contribution in [0.2, 0.25) is 0 Å². The lowest BCUT2D eigenvalue weighted by atomic mass is 10.1. The number of ether oxygens (including phenoxy) is 2. The standard InChI is InChI=1S/C13H7F3O3S/c14-13(15,16)12(17)11-4-3-10(20-11)7-1-2-8-9(5-7)19-6-18-8/h1-5H,6H2. The minimum absolute atomic E-state index is 0.126. The lowest BCUT2D eigenvalue weighted by molar-refractivity contribution is -0.0882. The van der Waals surface area contributed by atoms with Gasteiger partial charge in [-0.15, -0.1) is 11.3 Å². The predicted molar refractivity (Wildman–Crippen MR) is 66.3 cm³/mol. The number of rotatable bonds is 2. The highest BCUT2D eigenvalue weighted by Gasteiger charge is 2.40. The summed E-state index contributed by atoms with van der Waals surface area (Å²) in [5, 5.41) is 0. The molecular weight excluding hydrogens is 293 g/mol. The van der Waals surface area contributed by atoms with Crippen molar-refractivity contribution in [3.63, 3.8) is 0 Å². The van der Waals surface area contributed by atoms with Gasteiger partial charge in [0.2, 0.25) is 6.79 Å². The zero-order valence-corrected chi connectivity index (χ0v) is 10.7. The second-order valence-electron chi connectivity index (χ2n) is 4.06. The van der Waals surface area contributed by atoms with E-state index in [2.05, 4.69) is 0 Å². The Morgan fingerprint density at radius 3 is 2.60 bits per heavy atom. The first kappa shape index (κ1) is 13.0. The summed E-state index contributed by atoms with van der Waals surface area (Å²) in [6.45, 7) is 0.126. The highest BCUT2D eigenvalue weighted by Crippen LogP contribution is 2.38. The molecule has 0 fully saturated rings. The third-order valence-corrected chi connectivity index (χ3v) is 3.88. The predicted octanol–water partition coefficient (Wildman–Crippen LogP) is 3.89. The fourth-order valence-corrected chi connectivity index (χ4v) is 2.77. The van der Waals surface area contributed by atoms with Crippen molar-refractivity contribution in [2.24, 2.45) is 0 Å². The van der Waals surface area contributed by atoms with Gasteiger partial charge in [0.05, 0.1) is 4.88 Å². The van der Waals surface area contributed by atoms with Crippen molar-refractivity contribution < 1.29 is 27.4 Å². The molecule has 1 aliphatic rings. The molecule has 0 saturated heterocycles. The zero-order chi connectivity index (χ0) is 14.3. The van der Waals surface area contributed by atoms with Crippen LogP contribution in [0.15, 0.2) is 30.3 Å². The molecule has 0 radical (unpaired) electrons. The van der Waals surface area contributed by atoms with Crippen LogP contribution in [-0.2, 0) is 0 Å². The molecule has 1 aromatic heterocycles.